The van der Waals surface area contributed by atoms with Gasteiger partial charge in [-0.1, -0.05) is 17.3 Å². The van der Waals surface area contributed by atoms with Gasteiger partial charge in [-0.05, 0) is 25.0 Å². The van der Waals surface area contributed by atoms with Crippen molar-refractivity contribution < 1.29 is 14.4 Å². The van der Waals surface area contributed by atoms with Crippen molar-refractivity contribution in [3.05, 3.63) is 36.1 Å². The van der Waals surface area contributed by atoms with Crippen LogP contribution in [0.3, 0.4) is 0 Å². The van der Waals surface area contributed by atoms with Gasteiger partial charge in [0.1, 0.15) is 5.69 Å². The molecular formula is C14H14N2O3. The third kappa shape index (κ3) is 2.31. The molecule has 2 heterocycles. The number of carbonyl (C=O) groups is 1. The molecule has 5 nitrogen and oxygen atoms in total. The van der Waals surface area contributed by atoms with Crippen molar-refractivity contribution in [1.29, 1.82) is 0 Å². The molecule has 1 aliphatic rings. The highest BCUT2D eigenvalue weighted by Crippen LogP contribution is 2.25. The highest BCUT2D eigenvalue weighted by atomic mass is 16.5. The van der Waals surface area contributed by atoms with E-state index in [4.69, 9.17) is 9.63 Å². The number of hydrogen-bond acceptors (Lipinski definition) is 4. The minimum absolute atomic E-state index is 0.140. The van der Waals surface area contributed by atoms with Crippen LogP contribution in [0.4, 0.5) is 5.69 Å². The Morgan fingerprint density at radius 3 is 2.47 bits per heavy atom. The van der Waals surface area contributed by atoms with Crippen LogP contribution in [0.25, 0.3) is 11.3 Å². The zero-order valence-corrected chi connectivity index (χ0v) is 10.4. The summed E-state index contributed by atoms with van der Waals surface area (Å²) in [7, 11) is 0. The Labute approximate surface area is 110 Å². The standard InChI is InChI=1S/C14H14N2O3/c17-14(18)13-9-12(15-19-13)10-3-5-11(6-4-10)16-7-1-2-8-16/h3-6,9H,1-2,7-8H2,(H,17,18). The molecule has 19 heavy (non-hydrogen) atoms. The number of aromatic nitrogens is 1. The van der Waals surface area contributed by atoms with E-state index in [1.165, 1.54) is 24.6 Å². The number of anilines is 1. The van der Waals surface area contributed by atoms with E-state index in [0.29, 0.717) is 5.69 Å². The van der Waals surface area contributed by atoms with Gasteiger partial charge in [0.05, 0.1) is 0 Å². The van der Waals surface area contributed by atoms with Crippen LogP contribution in [0, 0.1) is 0 Å². The van der Waals surface area contributed by atoms with Crippen molar-refractivity contribution >= 4 is 11.7 Å². The number of carboxylic acid groups (broad SMARTS) is 1. The van der Waals surface area contributed by atoms with Crippen LogP contribution < -0.4 is 4.90 Å². The van der Waals surface area contributed by atoms with Gasteiger partial charge in [-0.25, -0.2) is 4.79 Å². The van der Waals surface area contributed by atoms with E-state index in [9.17, 15) is 4.79 Å². The molecule has 1 saturated heterocycles. The summed E-state index contributed by atoms with van der Waals surface area (Å²) in [5.74, 6) is -1.24. The summed E-state index contributed by atoms with van der Waals surface area (Å²) in [5.41, 5.74) is 2.60. The molecule has 1 fully saturated rings. The average molecular weight is 258 g/mol. The van der Waals surface area contributed by atoms with Crippen molar-refractivity contribution in [3.63, 3.8) is 0 Å². The van der Waals surface area contributed by atoms with Gasteiger partial charge in [0.25, 0.3) is 0 Å². The minimum atomic E-state index is -1.10. The summed E-state index contributed by atoms with van der Waals surface area (Å²) in [6, 6.07) is 9.40. The quantitative estimate of drug-likeness (QED) is 0.916. The second-order valence-corrected chi connectivity index (χ2v) is 4.62. The summed E-state index contributed by atoms with van der Waals surface area (Å²) in [6.45, 7) is 2.21. The number of rotatable bonds is 3. The molecule has 2 aromatic rings. The number of aromatic carboxylic acids is 1. The van der Waals surface area contributed by atoms with Gasteiger partial charge in [-0.3, -0.25) is 0 Å². The van der Waals surface area contributed by atoms with Gasteiger partial charge in [-0.15, -0.1) is 0 Å². The molecule has 1 aromatic heterocycles. The Morgan fingerprint density at radius 1 is 1.21 bits per heavy atom. The topological polar surface area (TPSA) is 66.6 Å². The van der Waals surface area contributed by atoms with E-state index in [0.717, 1.165) is 18.7 Å². The third-order valence-electron chi connectivity index (χ3n) is 3.36. The SMILES string of the molecule is O=C(O)c1cc(-c2ccc(N3CCCC3)cc2)no1. The van der Waals surface area contributed by atoms with Gasteiger partial charge >= 0.3 is 5.97 Å². The number of nitrogens with zero attached hydrogens (tertiary/aromatic N) is 2. The fourth-order valence-corrected chi connectivity index (χ4v) is 2.33. The van der Waals surface area contributed by atoms with Crippen molar-refractivity contribution in [2.45, 2.75) is 12.8 Å². The maximum absolute atomic E-state index is 10.7. The number of hydrogen-bond donors (Lipinski definition) is 1. The molecule has 0 amide bonds. The Balaban J connectivity index is 1.82. The molecule has 0 radical (unpaired) electrons. The average Bonchev–Trinajstić information content (AvgIpc) is 3.11. The van der Waals surface area contributed by atoms with Crippen molar-refractivity contribution in [2.75, 3.05) is 18.0 Å². The van der Waals surface area contributed by atoms with E-state index in [2.05, 4.69) is 10.1 Å². The smallest absolute Gasteiger partial charge is 0.374 e. The zero-order valence-electron chi connectivity index (χ0n) is 10.4. The van der Waals surface area contributed by atoms with E-state index in [1.807, 2.05) is 24.3 Å². The van der Waals surface area contributed by atoms with Crippen LogP contribution in [0.15, 0.2) is 34.9 Å². The Kier molecular flexibility index (Phi) is 2.95. The lowest BCUT2D eigenvalue weighted by Crippen LogP contribution is -2.17. The molecule has 0 saturated carbocycles. The lowest BCUT2D eigenvalue weighted by atomic mass is 10.1. The summed E-state index contributed by atoms with van der Waals surface area (Å²) >= 11 is 0. The van der Waals surface area contributed by atoms with Crippen LogP contribution in [0.1, 0.15) is 23.4 Å². The van der Waals surface area contributed by atoms with Crippen molar-refractivity contribution in [1.82, 2.24) is 5.16 Å². The predicted molar refractivity (Wildman–Crippen MR) is 70.3 cm³/mol. The van der Waals surface area contributed by atoms with Gasteiger partial charge in [-0.2, -0.15) is 0 Å². The lowest BCUT2D eigenvalue weighted by Gasteiger charge is -2.17. The maximum atomic E-state index is 10.7. The number of carboxylic acids is 1. The lowest BCUT2D eigenvalue weighted by molar-refractivity contribution is 0.0652. The minimum Gasteiger partial charge on any atom is -0.475 e. The molecule has 5 heteroatoms. The molecule has 1 N–H and O–H groups in total. The van der Waals surface area contributed by atoms with Crippen LogP contribution in [0.5, 0.6) is 0 Å². The van der Waals surface area contributed by atoms with Gasteiger partial charge < -0.3 is 14.5 Å². The van der Waals surface area contributed by atoms with Crippen LogP contribution in [-0.2, 0) is 0 Å². The van der Waals surface area contributed by atoms with E-state index in [1.54, 1.807) is 0 Å². The van der Waals surface area contributed by atoms with Gasteiger partial charge in [0, 0.05) is 30.4 Å². The largest absolute Gasteiger partial charge is 0.475 e. The third-order valence-corrected chi connectivity index (χ3v) is 3.36. The van der Waals surface area contributed by atoms with E-state index in [-0.39, 0.29) is 5.76 Å². The molecule has 98 valence electrons. The Morgan fingerprint density at radius 2 is 1.89 bits per heavy atom. The van der Waals surface area contributed by atoms with E-state index >= 15 is 0 Å². The molecule has 0 aliphatic carbocycles. The van der Waals surface area contributed by atoms with Crippen LogP contribution in [-0.4, -0.2) is 29.3 Å². The molecule has 1 aliphatic heterocycles. The maximum Gasteiger partial charge on any atom is 0.374 e. The molecule has 0 bridgehead atoms. The summed E-state index contributed by atoms with van der Waals surface area (Å²) in [6.07, 6.45) is 2.49. The van der Waals surface area contributed by atoms with Crippen molar-refractivity contribution in [2.24, 2.45) is 0 Å². The fourth-order valence-electron chi connectivity index (χ4n) is 2.33. The van der Waals surface area contributed by atoms with Crippen LogP contribution >= 0.6 is 0 Å². The Hall–Kier alpha value is -2.30. The Bertz CT molecular complexity index is 583. The summed E-state index contributed by atoms with van der Waals surface area (Å²) < 4.78 is 4.75. The first-order valence-electron chi connectivity index (χ1n) is 6.29. The highest BCUT2D eigenvalue weighted by Gasteiger charge is 2.14. The summed E-state index contributed by atoms with van der Waals surface area (Å²) in [5, 5.41) is 12.6. The molecule has 1 aromatic carbocycles. The van der Waals surface area contributed by atoms with Gasteiger partial charge in [0.2, 0.25) is 5.76 Å². The van der Waals surface area contributed by atoms with Crippen LogP contribution in [0.2, 0.25) is 0 Å². The highest BCUT2D eigenvalue weighted by molar-refractivity contribution is 5.85. The molecule has 0 unspecified atom stereocenters. The van der Waals surface area contributed by atoms with Gasteiger partial charge in [0.15, 0.2) is 0 Å². The summed E-state index contributed by atoms with van der Waals surface area (Å²) in [4.78, 5) is 13.1. The predicted octanol–water partition coefficient (Wildman–Crippen LogP) is 2.64. The molecule has 0 spiro atoms. The van der Waals surface area contributed by atoms with E-state index < -0.39 is 5.97 Å². The second-order valence-electron chi connectivity index (χ2n) is 4.62. The zero-order chi connectivity index (χ0) is 13.2. The fraction of sp³-hybridized carbons (Fsp3) is 0.286. The first kappa shape index (κ1) is 11.8. The van der Waals surface area contributed by atoms with Crippen molar-refractivity contribution in [3.8, 4) is 11.3 Å². The first-order valence-corrected chi connectivity index (χ1v) is 6.29. The molecule has 3 rings (SSSR count). The second kappa shape index (κ2) is 4.76. The first-order chi connectivity index (χ1) is 9.24. The number of benzene rings is 1. The monoisotopic (exact) mass is 258 g/mol. The normalized spacial score (nSPS) is 14.8. The molecular weight excluding hydrogens is 244 g/mol. The molecule has 0 atom stereocenters.